The summed E-state index contributed by atoms with van der Waals surface area (Å²) in [5, 5.41) is 7.70. The van der Waals surface area contributed by atoms with Gasteiger partial charge in [-0.1, -0.05) is 6.42 Å². The van der Waals surface area contributed by atoms with Crippen molar-refractivity contribution in [2.45, 2.75) is 45.6 Å². The van der Waals surface area contributed by atoms with Gasteiger partial charge >= 0.3 is 5.97 Å². The lowest BCUT2D eigenvalue weighted by Crippen LogP contribution is -2.04. The number of hydrogen-bond acceptors (Lipinski definition) is 4. The van der Waals surface area contributed by atoms with Crippen molar-refractivity contribution in [2.24, 2.45) is 10.2 Å². The summed E-state index contributed by atoms with van der Waals surface area (Å²) in [6.45, 7) is 4.32. The first-order valence-corrected chi connectivity index (χ1v) is 5.15. The average Bonchev–Trinajstić information content (AvgIpc) is 2.13. The van der Waals surface area contributed by atoms with E-state index < -0.39 is 0 Å². The van der Waals surface area contributed by atoms with Crippen LogP contribution < -0.4 is 0 Å². The number of esters is 1. The quantitative estimate of drug-likeness (QED) is 0.360. The van der Waals surface area contributed by atoms with E-state index >= 15 is 0 Å². The standard InChI is InChI=1S/C10H20N2O2/c1-4-14-10(13)8-6-5-7-9(2)12-11-3/h9H,4-8H2,1-3H3. The molecule has 0 fully saturated rings. The van der Waals surface area contributed by atoms with Gasteiger partial charge in [-0.05, 0) is 26.7 Å². The van der Waals surface area contributed by atoms with Crippen molar-refractivity contribution in [2.75, 3.05) is 13.7 Å². The molecule has 4 heteroatoms. The molecule has 0 aromatic rings. The van der Waals surface area contributed by atoms with Crippen LogP contribution in [0.2, 0.25) is 0 Å². The average molecular weight is 200 g/mol. The molecule has 0 radical (unpaired) electrons. The van der Waals surface area contributed by atoms with Crippen molar-refractivity contribution in [3.63, 3.8) is 0 Å². The van der Waals surface area contributed by atoms with E-state index in [1.54, 1.807) is 7.05 Å². The van der Waals surface area contributed by atoms with Crippen molar-refractivity contribution >= 4 is 5.97 Å². The maximum absolute atomic E-state index is 10.9. The molecular formula is C10H20N2O2. The number of rotatable bonds is 7. The Morgan fingerprint density at radius 1 is 1.43 bits per heavy atom. The van der Waals surface area contributed by atoms with Gasteiger partial charge in [0.15, 0.2) is 0 Å². The molecule has 0 rings (SSSR count). The van der Waals surface area contributed by atoms with Gasteiger partial charge in [0.05, 0.1) is 12.6 Å². The molecule has 0 heterocycles. The summed E-state index contributed by atoms with van der Waals surface area (Å²) in [6.07, 6.45) is 3.38. The molecule has 0 saturated carbocycles. The highest BCUT2D eigenvalue weighted by Gasteiger charge is 2.03. The lowest BCUT2D eigenvalue weighted by molar-refractivity contribution is -0.143. The van der Waals surface area contributed by atoms with Crippen LogP contribution in [0, 0.1) is 0 Å². The zero-order valence-electron chi connectivity index (χ0n) is 9.32. The normalized spacial score (nSPS) is 13.1. The number of nitrogens with zero attached hydrogens (tertiary/aromatic N) is 2. The van der Waals surface area contributed by atoms with Crippen LogP contribution in [0.5, 0.6) is 0 Å². The summed E-state index contributed by atoms with van der Waals surface area (Å²) >= 11 is 0. The third kappa shape index (κ3) is 7.71. The minimum absolute atomic E-state index is 0.0997. The van der Waals surface area contributed by atoms with Crippen molar-refractivity contribution in [1.82, 2.24) is 0 Å². The third-order valence-electron chi connectivity index (χ3n) is 1.87. The molecule has 1 atom stereocenters. The van der Waals surface area contributed by atoms with E-state index in [4.69, 9.17) is 4.74 Å². The fourth-order valence-electron chi connectivity index (χ4n) is 1.20. The second kappa shape index (κ2) is 8.66. The molecule has 0 aliphatic carbocycles. The van der Waals surface area contributed by atoms with Crippen LogP contribution in [0.15, 0.2) is 10.2 Å². The highest BCUT2D eigenvalue weighted by Crippen LogP contribution is 2.07. The highest BCUT2D eigenvalue weighted by atomic mass is 16.5. The van der Waals surface area contributed by atoms with E-state index in [9.17, 15) is 4.79 Å². The Bertz CT molecular complexity index is 181. The molecule has 0 aliphatic rings. The molecular weight excluding hydrogens is 180 g/mol. The molecule has 0 N–H and O–H groups in total. The molecule has 0 aliphatic heterocycles. The first-order valence-electron chi connectivity index (χ1n) is 5.15. The second-order valence-electron chi connectivity index (χ2n) is 3.22. The molecule has 0 aromatic carbocycles. The Kier molecular flexibility index (Phi) is 8.08. The predicted octanol–water partition coefficient (Wildman–Crippen LogP) is 2.58. The van der Waals surface area contributed by atoms with Gasteiger partial charge in [-0.3, -0.25) is 4.79 Å². The summed E-state index contributed by atoms with van der Waals surface area (Å²) in [4.78, 5) is 10.9. The molecule has 4 nitrogen and oxygen atoms in total. The van der Waals surface area contributed by atoms with E-state index in [2.05, 4.69) is 10.2 Å². The molecule has 82 valence electrons. The SMILES string of the molecule is CCOC(=O)CCCCC(C)N=NC. The fraction of sp³-hybridized carbons (Fsp3) is 0.900. The monoisotopic (exact) mass is 200 g/mol. The largest absolute Gasteiger partial charge is 0.466 e. The van der Waals surface area contributed by atoms with Gasteiger partial charge in [-0.2, -0.15) is 10.2 Å². The Balaban J connectivity index is 3.32. The predicted molar refractivity (Wildman–Crippen MR) is 55.3 cm³/mol. The Labute approximate surface area is 85.7 Å². The van der Waals surface area contributed by atoms with E-state index in [0.29, 0.717) is 13.0 Å². The van der Waals surface area contributed by atoms with Crippen molar-refractivity contribution in [3.8, 4) is 0 Å². The van der Waals surface area contributed by atoms with Crippen LogP contribution in [-0.2, 0) is 9.53 Å². The summed E-state index contributed by atoms with van der Waals surface area (Å²) in [5.74, 6) is -0.0997. The van der Waals surface area contributed by atoms with Crippen molar-refractivity contribution in [1.29, 1.82) is 0 Å². The van der Waals surface area contributed by atoms with Crippen LogP contribution in [0.3, 0.4) is 0 Å². The summed E-state index contributed by atoms with van der Waals surface area (Å²) < 4.78 is 4.82. The van der Waals surface area contributed by atoms with E-state index in [-0.39, 0.29) is 12.0 Å². The zero-order valence-corrected chi connectivity index (χ0v) is 9.32. The number of carbonyl (C=O) groups excluding carboxylic acids is 1. The Morgan fingerprint density at radius 3 is 2.71 bits per heavy atom. The topological polar surface area (TPSA) is 51.0 Å². The third-order valence-corrected chi connectivity index (χ3v) is 1.87. The number of hydrogen-bond donors (Lipinski definition) is 0. The van der Waals surface area contributed by atoms with Crippen LogP contribution in [0.4, 0.5) is 0 Å². The fourth-order valence-corrected chi connectivity index (χ4v) is 1.20. The van der Waals surface area contributed by atoms with Crippen molar-refractivity contribution < 1.29 is 9.53 Å². The highest BCUT2D eigenvalue weighted by molar-refractivity contribution is 5.69. The van der Waals surface area contributed by atoms with Crippen LogP contribution >= 0.6 is 0 Å². The van der Waals surface area contributed by atoms with Gasteiger partial charge in [-0.15, -0.1) is 0 Å². The molecule has 0 saturated heterocycles. The molecule has 14 heavy (non-hydrogen) atoms. The van der Waals surface area contributed by atoms with Crippen LogP contribution in [-0.4, -0.2) is 25.7 Å². The molecule has 0 amide bonds. The minimum atomic E-state index is -0.0997. The smallest absolute Gasteiger partial charge is 0.305 e. The second-order valence-corrected chi connectivity index (χ2v) is 3.22. The number of ether oxygens (including phenoxy) is 1. The van der Waals surface area contributed by atoms with Gasteiger partial charge in [0.2, 0.25) is 0 Å². The van der Waals surface area contributed by atoms with Gasteiger partial charge < -0.3 is 4.74 Å². The molecule has 0 spiro atoms. The first kappa shape index (κ1) is 13.1. The molecule has 0 bridgehead atoms. The van der Waals surface area contributed by atoms with Gasteiger partial charge in [0, 0.05) is 13.5 Å². The summed E-state index contributed by atoms with van der Waals surface area (Å²) in [7, 11) is 1.68. The summed E-state index contributed by atoms with van der Waals surface area (Å²) in [6, 6.07) is 0.266. The number of azo groups is 1. The van der Waals surface area contributed by atoms with E-state index in [0.717, 1.165) is 19.3 Å². The van der Waals surface area contributed by atoms with Crippen molar-refractivity contribution in [3.05, 3.63) is 0 Å². The van der Waals surface area contributed by atoms with Crippen LogP contribution in [0.1, 0.15) is 39.5 Å². The van der Waals surface area contributed by atoms with Gasteiger partial charge in [-0.25, -0.2) is 0 Å². The van der Waals surface area contributed by atoms with E-state index in [1.165, 1.54) is 0 Å². The maximum atomic E-state index is 10.9. The lowest BCUT2D eigenvalue weighted by atomic mass is 10.1. The van der Waals surface area contributed by atoms with Crippen LogP contribution in [0.25, 0.3) is 0 Å². The Hall–Kier alpha value is -0.930. The number of carbonyl (C=O) groups is 1. The molecule has 0 aromatic heterocycles. The van der Waals surface area contributed by atoms with Gasteiger partial charge in [0.25, 0.3) is 0 Å². The minimum Gasteiger partial charge on any atom is -0.466 e. The molecule has 1 unspecified atom stereocenters. The maximum Gasteiger partial charge on any atom is 0.305 e. The summed E-state index contributed by atoms with van der Waals surface area (Å²) in [5.41, 5.74) is 0. The zero-order chi connectivity index (χ0) is 10.8. The number of unbranched alkanes of at least 4 members (excludes halogenated alkanes) is 1. The Morgan fingerprint density at radius 2 is 2.14 bits per heavy atom. The van der Waals surface area contributed by atoms with E-state index in [1.807, 2.05) is 13.8 Å². The lowest BCUT2D eigenvalue weighted by Gasteiger charge is -2.04. The first-order chi connectivity index (χ1) is 6.70. The van der Waals surface area contributed by atoms with Gasteiger partial charge in [0.1, 0.15) is 0 Å².